The van der Waals surface area contributed by atoms with Crippen molar-refractivity contribution < 1.29 is 13.0 Å². The summed E-state index contributed by atoms with van der Waals surface area (Å²) < 4.78 is 33.8. The summed E-state index contributed by atoms with van der Waals surface area (Å²) in [4.78, 5) is 0. The maximum atomic E-state index is 12.5. The molecule has 0 radical (unpaired) electrons. The van der Waals surface area contributed by atoms with Gasteiger partial charge in [-0.3, -0.25) is 9.40 Å². The number of sulfonamides is 1. The Morgan fingerprint density at radius 2 is 2.04 bits per heavy atom. The molecule has 0 spiro atoms. The van der Waals surface area contributed by atoms with Crippen molar-refractivity contribution in [2.45, 2.75) is 63.4 Å². The Morgan fingerprint density at radius 3 is 2.74 bits per heavy atom. The third-order valence-corrected chi connectivity index (χ3v) is 5.49. The number of nitrogens with zero attached hydrogens (tertiary/aromatic N) is 4. The van der Waals surface area contributed by atoms with Gasteiger partial charge in [-0.25, -0.2) is 4.63 Å². The van der Waals surface area contributed by atoms with Crippen molar-refractivity contribution in [1.82, 2.24) is 20.1 Å². The Bertz CT molecular complexity index is 774. The van der Waals surface area contributed by atoms with E-state index in [9.17, 15) is 8.42 Å². The van der Waals surface area contributed by atoms with Crippen LogP contribution in [0, 0.1) is 6.92 Å². The van der Waals surface area contributed by atoms with Gasteiger partial charge in [-0.1, -0.05) is 31.3 Å². The molecule has 1 saturated carbocycles. The Hall–Kier alpha value is -1.90. The summed E-state index contributed by atoms with van der Waals surface area (Å²) in [5, 5.41) is 11.4. The molecule has 0 aromatic carbocycles. The van der Waals surface area contributed by atoms with E-state index in [0.717, 1.165) is 18.4 Å². The second-order valence-electron chi connectivity index (χ2n) is 5.91. The molecule has 0 atom stereocenters. The molecule has 2 heterocycles. The van der Waals surface area contributed by atoms with Crippen molar-refractivity contribution in [3.8, 4) is 0 Å². The first-order valence-corrected chi connectivity index (χ1v) is 9.39. The highest BCUT2D eigenvalue weighted by atomic mass is 32.2. The van der Waals surface area contributed by atoms with E-state index in [-0.39, 0.29) is 5.03 Å². The van der Waals surface area contributed by atoms with E-state index in [1.54, 1.807) is 6.92 Å². The second-order valence-corrected chi connectivity index (χ2v) is 7.51. The number of hydrogen-bond acceptors (Lipinski definition) is 6. The van der Waals surface area contributed by atoms with E-state index in [1.807, 2.05) is 17.8 Å². The van der Waals surface area contributed by atoms with Gasteiger partial charge in [-0.15, -0.1) is 0 Å². The molecule has 23 heavy (non-hydrogen) atoms. The largest absolute Gasteiger partial charge is 0.286 e. The van der Waals surface area contributed by atoms with Gasteiger partial charge >= 0.3 is 0 Å². The van der Waals surface area contributed by atoms with Gasteiger partial charge in [-0.05, 0) is 31.3 Å². The molecule has 2 aromatic heterocycles. The van der Waals surface area contributed by atoms with Crippen LogP contribution in [0.3, 0.4) is 0 Å². The number of aromatic nitrogens is 4. The fourth-order valence-corrected chi connectivity index (χ4v) is 4.09. The van der Waals surface area contributed by atoms with E-state index in [4.69, 9.17) is 0 Å². The van der Waals surface area contributed by atoms with E-state index >= 15 is 0 Å². The zero-order chi connectivity index (χ0) is 16.4. The lowest BCUT2D eigenvalue weighted by molar-refractivity contribution is 0.295. The average molecular weight is 339 g/mol. The standard InChI is InChI=1S/C14H21N5O3S/c1-3-12-14(17-22-16-12)23(20,21)18-13-10(2)9-19(15-13)11-7-5-4-6-8-11/h9,11H,3-8H2,1-2H3,(H,15,18). The maximum Gasteiger partial charge on any atom is 0.286 e. The molecule has 8 nitrogen and oxygen atoms in total. The normalized spacial score (nSPS) is 16.6. The third-order valence-electron chi connectivity index (χ3n) is 4.21. The molecule has 1 aliphatic rings. The highest BCUT2D eigenvalue weighted by molar-refractivity contribution is 7.92. The van der Waals surface area contributed by atoms with Crippen LogP contribution in [-0.4, -0.2) is 28.5 Å². The molecule has 126 valence electrons. The van der Waals surface area contributed by atoms with Crippen molar-refractivity contribution in [2.75, 3.05) is 4.72 Å². The van der Waals surface area contributed by atoms with Crippen molar-refractivity contribution in [2.24, 2.45) is 0 Å². The molecule has 0 aliphatic heterocycles. The molecule has 0 bridgehead atoms. The number of rotatable bonds is 5. The predicted octanol–water partition coefficient (Wildman–Crippen LogP) is 2.44. The van der Waals surface area contributed by atoms with Crippen molar-refractivity contribution in [3.63, 3.8) is 0 Å². The van der Waals surface area contributed by atoms with Gasteiger partial charge in [0.1, 0.15) is 5.69 Å². The first-order valence-electron chi connectivity index (χ1n) is 7.91. The second kappa shape index (κ2) is 6.31. The average Bonchev–Trinajstić information content (AvgIpc) is 3.15. The Kier molecular flexibility index (Phi) is 4.38. The first kappa shape index (κ1) is 16.0. The molecular formula is C14H21N5O3S. The topological polar surface area (TPSA) is 103 Å². The van der Waals surface area contributed by atoms with E-state index < -0.39 is 10.0 Å². The molecule has 2 aromatic rings. The number of anilines is 1. The van der Waals surface area contributed by atoms with Crippen molar-refractivity contribution in [3.05, 3.63) is 17.5 Å². The van der Waals surface area contributed by atoms with E-state index in [2.05, 4.69) is 24.8 Å². The lowest BCUT2D eigenvalue weighted by Crippen LogP contribution is -2.17. The molecule has 1 N–H and O–H groups in total. The highest BCUT2D eigenvalue weighted by Crippen LogP contribution is 2.29. The van der Waals surface area contributed by atoms with Crippen LogP contribution in [0.4, 0.5) is 5.82 Å². The first-order chi connectivity index (χ1) is 11.0. The SMILES string of the molecule is CCc1nonc1S(=O)(=O)Nc1nn(C2CCCCC2)cc1C. The predicted molar refractivity (Wildman–Crippen MR) is 83.6 cm³/mol. The summed E-state index contributed by atoms with van der Waals surface area (Å²) in [7, 11) is -3.85. The smallest absolute Gasteiger partial charge is 0.267 e. The highest BCUT2D eigenvalue weighted by Gasteiger charge is 2.26. The molecular weight excluding hydrogens is 318 g/mol. The van der Waals surface area contributed by atoms with Crippen LogP contribution < -0.4 is 4.72 Å². The zero-order valence-electron chi connectivity index (χ0n) is 13.3. The van der Waals surface area contributed by atoms with Crippen molar-refractivity contribution in [1.29, 1.82) is 0 Å². The minimum Gasteiger partial charge on any atom is -0.267 e. The van der Waals surface area contributed by atoms with Crippen LogP contribution in [-0.2, 0) is 16.4 Å². The molecule has 0 unspecified atom stereocenters. The fourth-order valence-electron chi connectivity index (χ4n) is 2.91. The maximum absolute atomic E-state index is 12.5. The summed E-state index contributed by atoms with van der Waals surface area (Å²) in [5.41, 5.74) is 1.09. The van der Waals surface area contributed by atoms with Gasteiger partial charge in [0.15, 0.2) is 5.82 Å². The zero-order valence-corrected chi connectivity index (χ0v) is 14.1. The van der Waals surface area contributed by atoms with Crippen molar-refractivity contribution >= 4 is 15.8 Å². The summed E-state index contributed by atoms with van der Waals surface area (Å²) in [6, 6.07) is 0.348. The van der Waals surface area contributed by atoms with E-state index in [0.29, 0.717) is 24.0 Å². The molecule has 0 amide bonds. The third kappa shape index (κ3) is 3.24. The number of nitrogens with one attached hydrogen (secondary N) is 1. The van der Waals surface area contributed by atoms with Crippen LogP contribution in [0.5, 0.6) is 0 Å². The van der Waals surface area contributed by atoms with Gasteiger partial charge in [0.05, 0.1) is 6.04 Å². The Labute approximate surface area is 135 Å². The minimum absolute atomic E-state index is 0.174. The lowest BCUT2D eigenvalue weighted by Gasteiger charge is -2.21. The van der Waals surface area contributed by atoms with Crippen LogP contribution in [0.15, 0.2) is 15.9 Å². The lowest BCUT2D eigenvalue weighted by atomic mass is 9.96. The molecule has 9 heteroatoms. The summed E-state index contributed by atoms with van der Waals surface area (Å²) in [6.45, 7) is 3.63. The van der Waals surface area contributed by atoms with Crippen LogP contribution in [0.1, 0.15) is 56.3 Å². The number of hydrogen-bond donors (Lipinski definition) is 1. The van der Waals surface area contributed by atoms with Gasteiger partial charge in [0.2, 0.25) is 5.03 Å². The van der Waals surface area contributed by atoms with Crippen LogP contribution in [0.2, 0.25) is 0 Å². The van der Waals surface area contributed by atoms with Gasteiger partial charge in [-0.2, -0.15) is 13.5 Å². The number of aryl methyl sites for hydroxylation is 2. The van der Waals surface area contributed by atoms with Crippen LogP contribution >= 0.6 is 0 Å². The van der Waals surface area contributed by atoms with Gasteiger partial charge < -0.3 is 0 Å². The molecule has 1 fully saturated rings. The Balaban J connectivity index is 1.83. The summed E-state index contributed by atoms with van der Waals surface area (Å²) in [5.74, 6) is 0.334. The Morgan fingerprint density at radius 1 is 1.30 bits per heavy atom. The summed E-state index contributed by atoms with van der Waals surface area (Å²) >= 11 is 0. The fraction of sp³-hybridized carbons (Fsp3) is 0.643. The molecule has 0 saturated heterocycles. The molecule has 1 aliphatic carbocycles. The van der Waals surface area contributed by atoms with E-state index in [1.165, 1.54) is 19.3 Å². The van der Waals surface area contributed by atoms with Crippen LogP contribution in [0.25, 0.3) is 0 Å². The molecule has 3 rings (SSSR count). The van der Waals surface area contributed by atoms with Gasteiger partial charge in [0.25, 0.3) is 10.0 Å². The van der Waals surface area contributed by atoms with Gasteiger partial charge in [0, 0.05) is 11.8 Å². The monoisotopic (exact) mass is 339 g/mol. The summed E-state index contributed by atoms with van der Waals surface area (Å²) in [6.07, 6.45) is 8.13. The minimum atomic E-state index is -3.85. The quantitative estimate of drug-likeness (QED) is 0.897.